The van der Waals surface area contributed by atoms with Gasteiger partial charge in [-0.3, -0.25) is 0 Å². The summed E-state index contributed by atoms with van der Waals surface area (Å²) in [7, 11) is 1.65. The monoisotopic (exact) mass is 265 g/mol. The van der Waals surface area contributed by atoms with Gasteiger partial charge in [0, 0.05) is 31.4 Å². The summed E-state index contributed by atoms with van der Waals surface area (Å²) in [5.74, 6) is 0.666. The molecule has 0 unspecified atom stereocenters. The zero-order valence-corrected chi connectivity index (χ0v) is 11.0. The molecule has 0 spiro atoms. The number of nitrogens with one attached hydrogen (secondary N) is 2. The summed E-state index contributed by atoms with van der Waals surface area (Å²) in [5, 5.41) is 3.37. The lowest BCUT2D eigenvalue weighted by Gasteiger charge is -2.11. The molecule has 2 aromatic rings. The number of rotatable bonds is 2. The number of halogens is 1. The van der Waals surface area contributed by atoms with E-state index in [1.807, 2.05) is 12.1 Å². The van der Waals surface area contributed by atoms with Crippen LogP contribution in [0.1, 0.15) is 11.3 Å². The fourth-order valence-corrected chi connectivity index (χ4v) is 2.26. The summed E-state index contributed by atoms with van der Waals surface area (Å²) >= 11 is 0. The molecule has 96 valence electrons. The standard InChI is InChI=1S/C13H15N3O.ClH/c1-17-13-10(3-2-5-15-13)12-7-9-8-14-6-4-11(9)16-12;/h2-3,5,7,14,16H,4,6,8H2,1H3;1H. The summed E-state index contributed by atoms with van der Waals surface area (Å²) in [4.78, 5) is 7.69. The van der Waals surface area contributed by atoms with Crippen LogP contribution in [0, 0.1) is 0 Å². The van der Waals surface area contributed by atoms with Crippen molar-refractivity contribution in [3.8, 4) is 17.1 Å². The third-order valence-corrected chi connectivity index (χ3v) is 3.11. The van der Waals surface area contributed by atoms with E-state index < -0.39 is 0 Å². The summed E-state index contributed by atoms with van der Waals surface area (Å²) < 4.78 is 5.29. The molecule has 18 heavy (non-hydrogen) atoms. The van der Waals surface area contributed by atoms with Crippen LogP contribution in [0.25, 0.3) is 11.3 Å². The zero-order valence-electron chi connectivity index (χ0n) is 10.2. The number of aromatic nitrogens is 2. The minimum absolute atomic E-state index is 0. The van der Waals surface area contributed by atoms with E-state index in [9.17, 15) is 0 Å². The highest BCUT2D eigenvalue weighted by molar-refractivity contribution is 5.85. The molecule has 0 fully saturated rings. The molecule has 0 saturated carbocycles. The van der Waals surface area contributed by atoms with E-state index >= 15 is 0 Å². The van der Waals surface area contributed by atoms with Crippen molar-refractivity contribution in [1.29, 1.82) is 0 Å². The first-order chi connectivity index (χ1) is 8.38. The fraction of sp³-hybridized carbons (Fsp3) is 0.308. The molecule has 0 aromatic carbocycles. The quantitative estimate of drug-likeness (QED) is 0.875. The Hall–Kier alpha value is -1.52. The van der Waals surface area contributed by atoms with Gasteiger partial charge in [0.1, 0.15) is 0 Å². The Labute approximate surface area is 112 Å². The maximum atomic E-state index is 5.29. The first-order valence-electron chi connectivity index (χ1n) is 5.79. The normalized spacial score (nSPS) is 13.6. The maximum absolute atomic E-state index is 5.29. The summed E-state index contributed by atoms with van der Waals surface area (Å²) in [6.45, 7) is 1.98. The number of ether oxygens (including phenoxy) is 1. The van der Waals surface area contributed by atoms with Crippen molar-refractivity contribution in [2.75, 3.05) is 13.7 Å². The molecule has 2 N–H and O–H groups in total. The average molecular weight is 266 g/mol. The van der Waals surface area contributed by atoms with Crippen LogP contribution in [0.15, 0.2) is 24.4 Å². The maximum Gasteiger partial charge on any atom is 0.222 e. The molecule has 0 bridgehead atoms. The van der Waals surface area contributed by atoms with E-state index in [-0.39, 0.29) is 12.4 Å². The molecule has 2 aromatic heterocycles. The summed E-state index contributed by atoms with van der Waals surface area (Å²) in [6.07, 6.45) is 2.80. The first-order valence-corrected chi connectivity index (χ1v) is 5.79. The highest BCUT2D eigenvalue weighted by atomic mass is 35.5. The molecule has 0 amide bonds. The Morgan fingerprint density at radius 3 is 3.06 bits per heavy atom. The predicted octanol–water partition coefficient (Wildman–Crippen LogP) is 2.15. The molecule has 0 saturated heterocycles. The van der Waals surface area contributed by atoms with Crippen molar-refractivity contribution in [2.24, 2.45) is 0 Å². The van der Waals surface area contributed by atoms with E-state index in [1.54, 1.807) is 13.3 Å². The molecule has 5 heteroatoms. The Balaban J connectivity index is 0.00000120. The van der Waals surface area contributed by atoms with Crippen LogP contribution < -0.4 is 10.1 Å². The van der Waals surface area contributed by atoms with E-state index in [1.165, 1.54) is 11.3 Å². The molecule has 4 nitrogen and oxygen atoms in total. The largest absolute Gasteiger partial charge is 0.481 e. The van der Waals surface area contributed by atoms with Gasteiger partial charge in [0.05, 0.1) is 18.4 Å². The van der Waals surface area contributed by atoms with Crippen molar-refractivity contribution in [3.63, 3.8) is 0 Å². The molecular formula is C13H16ClN3O. The van der Waals surface area contributed by atoms with E-state index in [0.717, 1.165) is 30.8 Å². The molecule has 0 atom stereocenters. The van der Waals surface area contributed by atoms with Crippen molar-refractivity contribution >= 4 is 12.4 Å². The fourth-order valence-electron chi connectivity index (χ4n) is 2.26. The lowest BCUT2D eigenvalue weighted by molar-refractivity contribution is 0.399. The Kier molecular flexibility index (Phi) is 3.89. The molecule has 3 rings (SSSR count). The van der Waals surface area contributed by atoms with E-state index in [0.29, 0.717) is 5.88 Å². The van der Waals surface area contributed by atoms with Crippen LogP contribution in [0.2, 0.25) is 0 Å². The third-order valence-electron chi connectivity index (χ3n) is 3.11. The van der Waals surface area contributed by atoms with Crippen molar-refractivity contribution in [2.45, 2.75) is 13.0 Å². The molecular weight excluding hydrogens is 250 g/mol. The number of hydrogen-bond acceptors (Lipinski definition) is 3. The van der Waals surface area contributed by atoms with E-state index in [2.05, 4.69) is 21.4 Å². The number of aromatic amines is 1. The third kappa shape index (κ3) is 2.21. The topological polar surface area (TPSA) is 49.9 Å². The van der Waals surface area contributed by atoms with Crippen molar-refractivity contribution in [1.82, 2.24) is 15.3 Å². The first kappa shape index (κ1) is 12.9. The molecule has 1 aliphatic heterocycles. The van der Waals surface area contributed by atoms with Crippen LogP contribution in [0.5, 0.6) is 5.88 Å². The molecule has 0 radical (unpaired) electrons. The van der Waals surface area contributed by atoms with Crippen molar-refractivity contribution < 1.29 is 4.74 Å². The molecule has 0 aliphatic carbocycles. The lowest BCUT2D eigenvalue weighted by Crippen LogP contribution is -2.22. The summed E-state index contributed by atoms with van der Waals surface area (Å²) in [6, 6.07) is 6.13. The summed E-state index contributed by atoms with van der Waals surface area (Å²) in [5.41, 5.74) is 4.77. The minimum Gasteiger partial charge on any atom is -0.481 e. The van der Waals surface area contributed by atoms with Gasteiger partial charge < -0.3 is 15.0 Å². The Morgan fingerprint density at radius 2 is 2.28 bits per heavy atom. The van der Waals surface area contributed by atoms with Gasteiger partial charge in [-0.1, -0.05) is 0 Å². The van der Waals surface area contributed by atoms with Gasteiger partial charge in [-0.25, -0.2) is 4.98 Å². The average Bonchev–Trinajstić information content (AvgIpc) is 2.82. The second-order valence-corrected chi connectivity index (χ2v) is 4.17. The van der Waals surface area contributed by atoms with Crippen LogP contribution in [-0.2, 0) is 13.0 Å². The SMILES string of the molecule is COc1ncccc1-c1cc2c([nH]1)CCNC2.Cl. The number of H-pyrrole nitrogens is 1. The van der Waals surface area contributed by atoms with Gasteiger partial charge in [0.25, 0.3) is 0 Å². The van der Waals surface area contributed by atoms with Crippen LogP contribution in [0.4, 0.5) is 0 Å². The van der Waals surface area contributed by atoms with Gasteiger partial charge in [-0.15, -0.1) is 12.4 Å². The van der Waals surface area contributed by atoms with Gasteiger partial charge in [-0.05, 0) is 23.8 Å². The Morgan fingerprint density at radius 1 is 1.39 bits per heavy atom. The number of methoxy groups -OCH3 is 1. The second-order valence-electron chi connectivity index (χ2n) is 4.17. The second kappa shape index (κ2) is 5.42. The smallest absolute Gasteiger partial charge is 0.222 e. The van der Waals surface area contributed by atoms with Gasteiger partial charge in [-0.2, -0.15) is 0 Å². The molecule has 1 aliphatic rings. The zero-order chi connectivity index (χ0) is 11.7. The highest BCUT2D eigenvalue weighted by Gasteiger charge is 2.15. The number of fused-ring (bicyclic) bond motifs is 1. The van der Waals surface area contributed by atoms with Crippen LogP contribution >= 0.6 is 12.4 Å². The number of pyridine rings is 1. The predicted molar refractivity (Wildman–Crippen MR) is 73.2 cm³/mol. The van der Waals surface area contributed by atoms with Crippen molar-refractivity contribution in [3.05, 3.63) is 35.7 Å². The van der Waals surface area contributed by atoms with E-state index in [4.69, 9.17) is 4.74 Å². The van der Waals surface area contributed by atoms with Crippen LogP contribution in [0.3, 0.4) is 0 Å². The van der Waals surface area contributed by atoms with Gasteiger partial charge in [0.2, 0.25) is 5.88 Å². The van der Waals surface area contributed by atoms with Gasteiger partial charge >= 0.3 is 0 Å². The van der Waals surface area contributed by atoms with Crippen LogP contribution in [-0.4, -0.2) is 23.6 Å². The number of nitrogens with zero attached hydrogens (tertiary/aromatic N) is 1. The molecule has 3 heterocycles. The highest BCUT2D eigenvalue weighted by Crippen LogP contribution is 2.29. The number of hydrogen-bond donors (Lipinski definition) is 2. The van der Waals surface area contributed by atoms with Gasteiger partial charge in [0.15, 0.2) is 0 Å². The Bertz CT molecular complexity index is 515. The minimum atomic E-state index is 0. The lowest BCUT2D eigenvalue weighted by atomic mass is 10.1.